The molecule has 1 atom stereocenters. The van der Waals surface area contributed by atoms with Crippen molar-refractivity contribution in [3.63, 3.8) is 0 Å². The largest absolute Gasteiger partial charge is 0.339 e. The average Bonchev–Trinajstić information content (AvgIpc) is 2.39. The molecular weight excluding hydrogens is 317 g/mol. The molecule has 1 unspecified atom stereocenters. The van der Waals surface area contributed by atoms with E-state index in [0.29, 0.717) is 6.54 Å². The van der Waals surface area contributed by atoms with Gasteiger partial charge in [0.1, 0.15) is 0 Å². The van der Waals surface area contributed by atoms with Crippen molar-refractivity contribution in [1.29, 1.82) is 0 Å². The van der Waals surface area contributed by atoms with Gasteiger partial charge in [-0.2, -0.15) is 11.8 Å². The Hall–Kier alpha value is 0.320. The minimum Gasteiger partial charge on any atom is -0.339 e. The Morgan fingerprint density at radius 2 is 1.95 bits per heavy atom. The molecule has 20 heavy (non-hydrogen) atoms. The first-order chi connectivity index (χ1) is 8.64. The van der Waals surface area contributed by atoms with E-state index >= 15 is 0 Å². The number of amides is 1. The fourth-order valence-corrected chi connectivity index (χ4v) is 3.26. The Balaban J connectivity index is 0. The van der Waals surface area contributed by atoms with E-state index in [0.717, 1.165) is 50.4 Å². The number of nitrogens with one attached hydrogen (secondary N) is 1. The highest BCUT2D eigenvalue weighted by Crippen LogP contribution is 2.19. The molecule has 7 heteroatoms. The third-order valence-corrected chi connectivity index (χ3v) is 4.36. The minimum absolute atomic E-state index is 0. The number of rotatable bonds is 7. The number of hydrogen-bond donors (Lipinski definition) is 2. The first-order valence-corrected chi connectivity index (χ1v) is 8.11. The number of carbonyl (C=O) groups is 1. The van der Waals surface area contributed by atoms with Crippen LogP contribution in [0, 0.1) is 0 Å². The molecule has 0 aromatic rings. The van der Waals surface area contributed by atoms with E-state index in [1.54, 1.807) is 0 Å². The smallest absolute Gasteiger partial charge is 0.242 e. The lowest BCUT2D eigenvalue weighted by molar-refractivity contribution is -0.137. The molecular formula is C13H29Cl2N3OS. The van der Waals surface area contributed by atoms with Gasteiger partial charge in [0.25, 0.3) is 0 Å². The minimum atomic E-state index is -0.411. The van der Waals surface area contributed by atoms with Gasteiger partial charge >= 0.3 is 0 Å². The third-order valence-electron chi connectivity index (χ3n) is 3.42. The molecule has 1 heterocycles. The van der Waals surface area contributed by atoms with Crippen molar-refractivity contribution in [2.45, 2.75) is 38.6 Å². The molecule has 0 aromatic carbocycles. The van der Waals surface area contributed by atoms with Crippen molar-refractivity contribution in [1.82, 2.24) is 10.2 Å². The first-order valence-electron chi connectivity index (χ1n) is 6.96. The van der Waals surface area contributed by atoms with Crippen molar-refractivity contribution in [2.24, 2.45) is 5.73 Å². The summed E-state index contributed by atoms with van der Waals surface area (Å²) in [6, 6.07) is 0. The Morgan fingerprint density at radius 3 is 2.45 bits per heavy atom. The molecule has 4 nitrogen and oxygen atoms in total. The van der Waals surface area contributed by atoms with Crippen LogP contribution in [0.1, 0.15) is 33.1 Å². The molecule has 1 amide bonds. The van der Waals surface area contributed by atoms with Crippen LogP contribution in [0.2, 0.25) is 0 Å². The molecule has 0 spiro atoms. The van der Waals surface area contributed by atoms with Crippen molar-refractivity contribution in [3.8, 4) is 0 Å². The van der Waals surface area contributed by atoms with E-state index in [9.17, 15) is 4.79 Å². The maximum absolute atomic E-state index is 12.6. The van der Waals surface area contributed by atoms with Crippen LogP contribution in [-0.2, 0) is 4.79 Å². The number of nitrogens with two attached hydrogens (primary N) is 1. The van der Waals surface area contributed by atoms with Crippen molar-refractivity contribution in [3.05, 3.63) is 0 Å². The molecule has 1 rings (SSSR count). The highest BCUT2D eigenvalue weighted by atomic mass is 35.5. The van der Waals surface area contributed by atoms with E-state index in [1.807, 2.05) is 23.6 Å². The predicted molar refractivity (Wildman–Crippen MR) is 93.4 cm³/mol. The van der Waals surface area contributed by atoms with Crippen LogP contribution < -0.4 is 11.1 Å². The molecule has 0 radical (unpaired) electrons. The summed E-state index contributed by atoms with van der Waals surface area (Å²) in [5, 5.41) is 3.42. The number of thioether (sulfide) groups is 1. The molecule has 0 bridgehead atoms. The zero-order valence-corrected chi connectivity index (χ0v) is 15.0. The number of nitrogens with zero attached hydrogens (tertiary/aromatic N) is 1. The average molecular weight is 346 g/mol. The quantitative estimate of drug-likeness (QED) is 0.692. The summed E-state index contributed by atoms with van der Waals surface area (Å²) < 4.78 is 0. The Kier molecular flexibility index (Phi) is 13.5. The summed E-state index contributed by atoms with van der Waals surface area (Å²) in [7, 11) is 0. The fraction of sp³-hybridized carbons (Fsp3) is 0.923. The van der Waals surface area contributed by atoms with Crippen molar-refractivity contribution < 1.29 is 4.79 Å². The number of carbonyl (C=O) groups excluding carboxylic acids is 1. The topological polar surface area (TPSA) is 58.4 Å². The van der Waals surface area contributed by atoms with E-state index in [4.69, 9.17) is 5.73 Å². The van der Waals surface area contributed by atoms with E-state index in [1.165, 1.54) is 0 Å². The normalized spacial score (nSPS) is 17.6. The molecule has 1 fully saturated rings. The monoisotopic (exact) mass is 345 g/mol. The number of halogens is 2. The zero-order valence-electron chi connectivity index (χ0n) is 12.5. The van der Waals surface area contributed by atoms with Crippen LogP contribution in [-0.4, -0.2) is 54.0 Å². The summed E-state index contributed by atoms with van der Waals surface area (Å²) in [6.07, 6.45) is 2.82. The first kappa shape index (κ1) is 22.6. The van der Waals surface area contributed by atoms with Crippen LogP contribution in [0.15, 0.2) is 0 Å². The third kappa shape index (κ3) is 6.85. The molecule has 3 N–H and O–H groups in total. The Morgan fingerprint density at radius 1 is 1.35 bits per heavy atom. The van der Waals surface area contributed by atoms with Crippen LogP contribution in [0.5, 0.6) is 0 Å². The van der Waals surface area contributed by atoms with Crippen molar-refractivity contribution in [2.75, 3.05) is 37.7 Å². The second-order valence-electron chi connectivity index (χ2n) is 5.06. The summed E-state index contributed by atoms with van der Waals surface area (Å²) >= 11 is 1.93. The van der Waals surface area contributed by atoms with Gasteiger partial charge < -0.3 is 16.0 Å². The predicted octanol–water partition coefficient (Wildman–Crippen LogP) is 1.90. The highest BCUT2D eigenvalue weighted by molar-refractivity contribution is 7.99. The lowest BCUT2D eigenvalue weighted by atomic mass is 9.93. The van der Waals surface area contributed by atoms with Crippen molar-refractivity contribution >= 4 is 42.5 Å². The van der Waals surface area contributed by atoms with Gasteiger partial charge in [-0.05, 0) is 32.9 Å². The van der Waals surface area contributed by atoms with Crippen LogP contribution in [0.3, 0.4) is 0 Å². The maximum atomic E-state index is 12.6. The van der Waals surface area contributed by atoms with Gasteiger partial charge in [-0.3, -0.25) is 4.79 Å². The summed E-state index contributed by atoms with van der Waals surface area (Å²) in [4.78, 5) is 14.6. The standard InChI is InChI=1S/C13H27N3OS.2ClH/c1-3-5-13(2,15-7-4-6-14)12(17)16-8-10-18-11-9-16;;/h15H,3-11,14H2,1-2H3;2*1H. The van der Waals surface area contributed by atoms with Crippen LogP contribution >= 0.6 is 36.6 Å². The van der Waals surface area contributed by atoms with Gasteiger partial charge in [-0.15, -0.1) is 24.8 Å². The Bertz CT molecular complexity index is 266. The SMILES string of the molecule is CCCC(C)(NCCCN)C(=O)N1CCSCC1.Cl.Cl. The summed E-state index contributed by atoms with van der Waals surface area (Å²) in [6.45, 7) is 7.44. The van der Waals surface area contributed by atoms with Gasteiger partial charge in [-0.25, -0.2) is 0 Å². The Labute approximate surface area is 139 Å². The van der Waals surface area contributed by atoms with Gasteiger partial charge in [0.2, 0.25) is 5.91 Å². The van der Waals surface area contributed by atoms with E-state index in [-0.39, 0.29) is 30.7 Å². The lowest BCUT2D eigenvalue weighted by Crippen LogP contribution is -2.57. The van der Waals surface area contributed by atoms with Gasteiger partial charge in [0.15, 0.2) is 0 Å². The van der Waals surface area contributed by atoms with Crippen LogP contribution in [0.4, 0.5) is 0 Å². The molecule has 1 aliphatic rings. The van der Waals surface area contributed by atoms with E-state index < -0.39 is 5.54 Å². The van der Waals surface area contributed by atoms with Crippen LogP contribution in [0.25, 0.3) is 0 Å². The molecule has 1 saturated heterocycles. The number of hydrogen-bond acceptors (Lipinski definition) is 4. The van der Waals surface area contributed by atoms with Gasteiger partial charge in [-0.1, -0.05) is 13.3 Å². The second kappa shape index (κ2) is 11.9. The molecule has 0 saturated carbocycles. The molecule has 122 valence electrons. The summed E-state index contributed by atoms with van der Waals surface area (Å²) in [5.41, 5.74) is 5.10. The fourth-order valence-electron chi connectivity index (χ4n) is 2.35. The summed E-state index contributed by atoms with van der Waals surface area (Å²) in [5.74, 6) is 2.40. The zero-order chi connectivity index (χ0) is 13.4. The lowest BCUT2D eigenvalue weighted by Gasteiger charge is -2.37. The van der Waals surface area contributed by atoms with Gasteiger partial charge in [0.05, 0.1) is 5.54 Å². The molecule has 0 aromatic heterocycles. The van der Waals surface area contributed by atoms with Gasteiger partial charge in [0, 0.05) is 24.6 Å². The molecule has 1 aliphatic heterocycles. The molecule has 0 aliphatic carbocycles. The highest BCUT2D eigenvalue weighted by Gasteiger charge is 2.35. The second-order valence-corrected chi connectivity index (χ2v) is 6.28. The maximum Gasteiger partial charge on any atom is 0.242 e. The van der Waals surface area contributed by atoms with E-state index in [2.05, 4.69) is 12.2 Å².